The molecule has 0 aliphatic carbocycles. The molecule has 0 fully saturated rings. The Hall–Kier alpha value is -2.63. The van der Waals surface area contributed by atoms with Crippen LogP contribution in [0.2, 0.25) is 0 Å². The van der Waals surface area contributed by atoms with Gasteiger partial charge in [-0.25, -0.2) is 4.79 Å². The molecule has 0 aliphatic rings. The molecule has 0 radical (unpaired) electrons. The third-order valence-electron chi connectivity index (χ3n) is 2.69. The number of nitrogens with zero attached hydrogens (tertiary/aromatic N) is 2. The molecule has 1 atom stereocenters. The van der Waals surface area contributed by atoms with Crippen LogP contribution in [0, 0.1) is 10.1 Å². The molecule has 92 valence electrons. The van der Waals surface area contributed by atoms with Crippen LogP contribution in [0.1, 0.15) is 6.04 Å². The maximum absolute atomic E-state index is 11.0. The van der Waals surface area contributed by atoms with E-state index in [-0.39, 0.29) is 5.69 Å². The number of hydrogen-bond donors (Lipinski definition) is 1. The number of aliphatic carboxylic acids is 1. The van der Waals surface area contributed by atoms with Crippen molar-refractivity contribution in [3.05, 3.63) is 53.2 Å². The van der Waals surface area contributed by atoms with Crippen LogP contribution in [0.3, 0.4) is 0 Å². The Labute approximate surface area is 102 Å². The van der Waals surface area contributed by atoms with E-state index in [2.05, 4.69) is 6.58 Å². The maximum atomic E-state index is 11.0. The van der Waals surface area contributed by atoms with Crippen molar-refractivity contribution in [1.82, 2.24) is 4.57 Å². The zero-order valence-corrected chi connectivity index (χ0v) is 9.31. The average Bonchev–Trinajstić information content (AvgIpc) is 2.73. The van der Waals surface area contributed by atoms with E-state index >= 15 is 0 Å². The van der Waals surface area contributed by atoms with Crippen LogP contribution in [0.25, 0.3) is 10.9 Å². The number of carbonyl (C=O) groups is 1. The van der Waals surface area contributed by atoms with Gasteiger partial charge in [0.25, 0.3) is 5.69 Å². The van der Waals surface area contributed by atoms with E-state index in [0.717, 1.165) is 0 Å². The fourth-order valence-electron chi connectivity index (χ4n) is 1.84. The molecular formula is C12H10N2O4. The molecule has 6 heteroatoms. The van der Waals surface area contributed by atoms with Gasteiger partial charge in [-0.3, -0.25) is 10.1 Å². The van der Waals surface area contributed by atoms with Crippen molar-refractivity contribution >= 4 is 22.6 Å². The molecule has 0 spiro atoms. The minimum Gasteiger partial charge on any atom is -0.479 e. The van der Waals surface area contributed by atoms with Crippen molar-refractivity contribution < 1.29 is 14.8 Å². The summed E-state index contributed by atoms with van der Waals surface area (Å²) in [5.74, 6) is -1.03. The Balaban J connectivity index is 2.58. The Morgan fingerprint density at radius 1 is 1.50 bits per heavy atom. The molecule has 0 saturated heterocycles. The molecule has 18 heavy (non-hydrogen) atoms. The predicted octanol–water partition coefficient (Wildman–Crippen LogP) is 2.36. The average molecular weight is 246 g/mol. The van der Waals surface area contributed by atoms with Gasteiger partial charge in [-0.2, -0.15) is 0 Å². The molecule has 2 rings (SSSR count). The monoisotopic (exact) mass is 246 g/mol. The molecule has 0 amide bonds. The fourth-order valence-corrected chi connectivity index (χ4v) is 1.84. The van der Waals surface area contributed by atoms with Crippen molar-refractivity contribution in [2.75, 3.05) is 0 Å². The van der Waals surface area contributed by atoms with Gasteiger partial charge in [0.05, 0.1) is 4.92 Å². The molecule has 0 aliphatic heterocycles. The van der Waals surface area contributed by atoms with E-state index in [4.69, 9.17) is 5.11 Å². The summed E-state index contributed by atoms with van der Waals surface area (Å²) in [5, 5.41) is 20.3. The molecule has 1 unspecified atom stereocenters. The van der Waals surface area contributed by atoms with E-state index < -0.39 is 16.9 Å². The van der Waals surface area contributed by atoms with Crippen LogP contribution in [0.4, 0.5) is 5.69 Å². The third kappa shape index (κ3) is 1.84. The smallest absolute Gasteiger partial charge is 0.330 e. The number of non-ortho nitro benzene ring substituents is 1. The summed E-state index contributed by atoms with van der Waals surface area (Å²) in [6, 6.07) is 5.05. The van der Waals surface area contributed by atoms with Gasteiger partial charge >= 0.3 is 5.97 Å². The molecule has 0 saturated carbocycles. The lowest BCUT2D eigenvalue weighted by Gasteiger charge is -2.10. The quantitative estimate of drug-likeness (QED) is 0.509. The molecule has 0 bridgehead atoms. The van der Waals surface area contributed by atoms with Gasteiger partial charge in [0, 0.05) is 29.2 Å². The van der Waals surface area contributed by atoms with Crippen LogP contribution in [0.15, 0.2) is 43.1 Å². The highest BCUT2D eigenvalue weighted by atomic mass is 16.6. The lowest BCUT2D eigenvalue weighted by molar-refractivity contribution is -0.384. The summed E-state index contributed by atoms with van der Waals surface area (Å²) in [6.45, 7) is 3.48. The summed E-state index contributed by atoms with van der Waals surface area (Å²) in [7, 11) is 0. The van der Waals surface area contributed by atoms with Crippen molar-refractivity contribution in [2.45, 2.75) is 6.04 Å². The highest BCUT2D eigenvalue weighted by molar-refractivity contribution is 5.85. The second-order valence-corrected chi connectivity index (χ2v) is 3.74. The Kier molecular flexibility index (Phi) is 2.85. The first kappa shape index (κ1) is 11.8. The van der Waals surface area contributed by atoms with Gasteiger partial charge in [0.1, 0.15) is 6.04 Å². The molecule has 1 heterocycles. The number of aromatic nitrogens is 1. The van der Waals surface area contributed by atoms with E-state index in [9.17, 15) is 14.9 Å². The molecule has 2 aromatic rings. The van der Waals surface area contributed by atoms with Crippen molar-refractivity contribution in [1.29, 1.82) is 0 Å². The number of fused-ring (bicyclic) bond motifs is 1. The Morgan fingerprint density at radius 3 is 2.78 bits per heavy atom. The summed E-state index contributed by atoms with van der Waals surface area (Å²) in [5.41, 5.74) is 0.596. The third-order valence-corrected chi connectivity index (χ3v) is 2.69. The lowest BCUT2D eigenvalue weighted by atomic mass is 10.2. The second kappa shape index (κ2) is 4.33. The van der Waals surface area contributed by atoms with Crippen molar-refractivity contribution in [2.24, 2.45) is 0 Å². The largest absolute Gasteiger partial charge is 0.479 e. The summed E-state index contributed by atoms with van der Waals surface area (Å²) in [6.07, 6.45) is 2.89. The van der Waals surface area contributed by atoms with E-state index in [1.165, 1.54) is 28.8 Å². The van der Waals surface area contributed by atoms with E-state index in [0.29, 0.717) is 10.9 Å². The van der Waals surface area contributed by atoms with Crippen LogP contribution >= 0.6 is 0 Å². The normalized spacial score (nSPS) is 12.2. The van der Waals surface area contributed by atoms with E-state index in [1.807, 2.05) is 0 Å². The van der Waals surface area contributed by atoms with Gasteiger partial charge < -0.3 is 9.67 Å². The highest BCUT2D eigenvalue weighted by Gasteiger charge is 2.18. The fraction of sp³-hybridized carbons (Fsp3) is 0.0833. The summed E-state index contributed by atoms with van der Waals surface area (Å²) in [4.78, 5) is 21.2. The molecule has 1 aromatic heterocycles. The standard InChI is InChI=1S/C12H10N2O4/c1-2-10(12(15)16)13-6-5-8-7-9(14(17)18)3-4-11(8)13/h2-7,10H,1H2,(H,15,16). The molecule has 1 aromatic carbocycles. The van der Waals surface area contributed by atoms with Gasteiger partial charge in [-0.15, -0.1) is 6.58 Å². The SMILES string of the molecule is C=CC(C(=O)O)n1ccc2cc([N+](=O)[O-])ccc21. The first-order valence-corrected chi connectivity index (χ1v) is 5.15. The van der Waals surface area contributed by atoms with Crippen LogP contribution in [-0.4, -0.2) is 20.6 Å². The zero-order chi connectivity index (χ0) is 13.3. The number of carboxylic acid groups (broad SMARTS) is 1. The number of rotatable bonds is 4. The maximum Gasteiger partial charge on any atom is 0.330 e. The van der Waals surface area contributed by atoms with Crippen LogP contribution in [-0.2, 0) is 4.79 Å². The Bertz CT molecular complexity index is 645. The molecule has 1 N–H and O–H groups in total. The van der Waals surface area contributed by atoms with Gasteiger partial charge in [0.15, 0.2) is 0 Å². The van der Waals surface area contributed by atoms with Crippen LogP contribution < -0.4 is 0 Å². The number of nitro benzene ring substituents is 1. The van der Waals surface area contributed by atoms with Crippen LogP contribution in [0.5, 0.6) is 0 Å². The zero-order valence-electron chi connectivity index (χ0n) is 9.31. The molecule has 6 nitrogen and oxygen atoms in total. The first-order valence-electron chi connectivity index (χ1n) is 5.15. The first-order chi connectivity index (χ1) is 8.54. The predicted molar refractivity (Wildman–Crippen MR) is 65.5 cm³/mol. The van der Waals surface area contributed by atoms with Crippen molar-refractivity contribution in [3.8, 4) is 0 Å². The second-order valence-electron chi connectivity index (χ2n) is 3.74. The molecular weight excluding hydrogens is 236 g/mol. The number of carboxylic acids is 1. The number of hydrogen-bond acceptors (Lipinski definition) is 3. The van der Waals surface area contributed by atoms with Gasteiger partial charge in [0.2, 0.25) is 0 Å². The lowest BCUT2D eigenvalue weighted by Crippen LogP contribution is -2.15. The van der Waals surface area contributed by atoms with Gasteiger partial charge in [-0.05, 0) is 12.1 Å². The minimum atomic E-state index is -1.03. The number of benzene rings is 1. The topological polar surface area (TPSA) is 85.4 Å². The Morgan fingerprint density at radius 2 is 2.22 bits per heavy atom. The van der Waals surface area contributed by atoms with Gasteiger partial charge in [-0.1, -0.05) is 6.08 Å². The summed E-state index contributed by atoms with van der Waals surface area (Å²) >= 11 is 0. The minimum absolute atomic E-state index is 0.0225. The highest BCUT2D eigenvalue weighted by Crippen LogP contribution is 2.25. The summed E-state index contributed by atoms with van der Waals surface area (Å²) < 4.78 is 1.51. The number of nitro groups is 1. The van der Waals surface area contributed by atoms with E-state index in [1.54, 1.807) is 12.3 Å². The van der Waals surface area contributed by atoms with Crippen molar-refractivity contribution in [3.63, 3.8) is 0 Å².